The van der Waals surface area contributed by atoms with E-state index in [0.29, 0.717) is 17.9 Å². The van der Waals surface area contributed by atoms with E-state index in [1.165, 1.54) is 17.6 Å². The molecule has 0 N–H and O–H groups in total. The summed E-state index contributed by atoms with van der Waals surface area (Å²) < 4.78 is 9.44. The zero-order valence-corrected chi connectivity index (χ0v) is 13.1. The summed E-state index contributed by atoms with van der Waals surface area (Å²) in [6, 6.07) is 17.1. The van der Waals surface area contributed by atoms with E-state index in [-0.39, 0.29) is 5.78 Å². The lowest BCUT2D eigenvalue weighted by Crippen LogP contribution is -1.97. The number of carbonyl (C=O) groups is 1. The highest BCUT2D eigenvalue weighted by molar-refractivity contribution is 7.03. The van der Waals surface area contributed by atoms with Crippen LogP contribution in [0.3, 0.4) is 0 Å². The topological polar surface area (TPSA) is 52.1 Å². The summed E-state index contributed by atoms with van der Waals surface area (Å²) in [4.78, 5) is 12.1. The van der Waals surface area contributed by atoms with Crippen molar-refractivity contribution in [3.8, 4) is 5.75 Å². The van der Waals surface area contributed by atoms with Gasteiger partial charge in [-0.15, -0.1) is 5.10 Å². The fraction of sp³-hybridized carbons (Fsp3) is 0.0556. The molecular weight excluding hydrogens is 308 g/mol. The Morgan fingerprint density at radius 1 is 1.09 bits per heavy atom. The van der Waals surface area contributed by atoms with Crippen molar-refractivity contribution in [1.29, 1.82) is 0 Å². The fourth-order valence-corrected chi connectivity index (χ4v) is 2.38. The van der Waals surface area contributed by atoms with E-state index in [1.54, 1.807) is 35.7 Å². The summed E-state index contributed by atoms with van der Waals surface area (Å²) in [5.74, 6) is 0.658. The number of aromatic nitrogens is 2. The van der Waals surface area contributed by atoms with Gasteiger partial charge in [-0.2, -0.15) is 0 Å². The molecule has 23 heavy (non-hydrogen) atoms. The lowest BCUT2D eigenvalue weighted by Gasteiger charge is -2.06. The molecular formula is C18H14N2O2S. The van der Waals surface area contributed by atoms with Crippen LogP contribution < -0.4 is 4.74 Å². The van der Waals surface area contributed by atoms with Crippen LogP contribution in [0.4, 0.5) is 0 Å². The summed E-state index contributed by atoms with van der Waals surface area (Å²) in [6.45, 7) is 0.505. The minimum atomic E-state index is -0.0763. The van der Waals surface area contributed by atoms with Gasteiger partial charge in [-0.25, -0.2) is 0 Å². The molecule has 0 aliphatic rings. The van der Waals surface area contributed by atoms with Gasteiger partial charge in [-0.1, -0.05) is 34.8 Å². The summed E-state index contributed by atoms with van der Waals surface area (Å²) >= 11 is 1.25. The first kappa shape index (κ1) is 15.1. The van der Waals surface area contributed by atoms with E-state index < -0.39 is 0 Å². The lowest BCUT2D eigenvalue weighted by atomic mass is 10.1. The molecule has 0 saturated heterocycles. The maximum Gasteiger partial charge on any atom is 0.185 e. The molecule has 0 fully saturated rings. The molecule has 5 heteroatoms. The van der Waals surface area contributed by atoms with Crippen LogP contribution in [0.1, 0.15) is 21.6 Å². The Bertz CT molecular complexity index is 782. The molecule has 0 saturated carbocycles. The molecule has 1 aromatic heterocycles. The molecule has 0 spiro atoms. The average Bonchev–Trinajstić information content (AvgIpc) is 3.13. The zero-order valence-electron chi connectivity index (χ0n) is 12.3. The number of ketones is 1. The van der Waals surface area contributed by atoms with Crippen LogP contribution in [0.5, 0.6) is 5.75 Å². The second kappa shape index (κ2) is 7.47. The molecule has 0 atom stereocenters. The van der Waals surface area contributed by atoms with E-state index in [1.807, 2.05) is 30.3 Å². The quantitative estimate of drug-likeness (QED) is 0.508. The maximum absolute atomic E-state index is 12.1. The molecule has 0 bridgehead atoms. The van der Waals surface area contributed by atoms with Gasteiger partial charge in [-0.3, -0.25) is 4.79 Å². The van der Waals surface area contributed by atoms with Crippen molar-refractivity contribution in [2.45, 2.75) is 6.61 Å². The van der Waals surface area contributed by atoms with Crippen LogP contribution in [0, 0.1) is 0 Å². The van der Waals surface area contributed by atoms with Gasteiger partial charge in [-0.05, 0) is 53.5 Å². The van der Waals surface area contributed by atoms with Gasteiger partial charge in [0, 0.05) is 10.9 Å². The van der Waals surface area contributed by atoms with Gasteiger partial charge in [0.2, 0.25) is 0 Å². The maximum atomic E-state index is 12.1. The summed E-state index contributed by atoms with van der Waals surface area (Å²) in [5.41, 5.74) is 2.40. The summed E-state index contributed by atoms with van der Waals surface area (Å²) in [5, 5.41) is 5.64. The van der Waals surface area contributed by atoms with Gasteiger partial charge in [0.1, 0.15) is 12.4 Å². The summed E-state index contributed by atoms with van der Waals surface area (Å²) in [6.07, 6.45) is 3.15. The Hall–Kier alpha value is -2.79. The van der Waals surface area contributed by atoms with Crippen molar-refractivity contribution in [3.63, 3.8) is 0 Å². The third-order valence-electron chi connectivity index (χ3n) is 3.17. The highest BCUT2D eigenvalue weighted by Crippen LogP contribution is 2.15. The second-order valence-corrected chi connectivity index (χ2v) is 5.44. The van der Waals surface area contributed by atoms with Gasteiger partial charge in [0.25, 0.3) is 0 Å². The Labute approximate surface area is 138 Å². The molecule has 114 valence electrons. The number of carbonyl (C=O) groups excluding carboxylic acids is 1. The Morgan fingerprint density at radius 2 is 1.87 bits per heavy atom. The Kier molecular flexibility index (Phi) is 4.91. The highest BCUT2D eigenvalue weighted by Gasteiger charge is 2.03. The van der Waals surface area contributed by atoms with E-state index in [2.05, 4.69) is 9.59 Å². The van der Waals surface area contributed by atoms with Crippen LogP contribution in [0.2, 0.25) is 0 Å². The predicted octanol–water partition coefficient (Wildman–Crippen LogP) is 4.01. The largest absolute Gasteiger partial charge is 0.489 e. The highest BCUT2D eigenvalue weighted by atomic mass is 32.1. The van der Waals surface area contributed by atoms with E-state index in [0.717, 1.165) is 11.3 Å². The molecule has 3 aromatic rings. The van der Waals surface area contributed by atoms with Crippen LogP contribution >= 0.6 is 11.5 Å². The number of rotatable bonds is 6. The molecule has 3 rings (SSSR count). The summed E-state index contributed by atoms with van der Waals surface area (Å²) in [7, 11) is 0. The number of allylic oxidation sites excluding steroid dienone is 1. The first-order valence-electron chi connectivity index (χ1n) is 7.07. The average molecular weight is 322 g/mol. The molecule has 0 aliphatic carbocycles. The van der Waals surface area contributed by atoms with Crippen LogP contribution in [0.15, 0.2) is 66.1 Å². The normalized spacial score (nSPS) is 10.8. The SMILES string of the molecule is O=C(/C=C/c1csnn1)c1ccc(OCc2ccccc2)cc1. The third kappa shape index (κ3) is 4.34. The van der Waals surface area contributed by atoms with Crippen molar-refractivity contribution in [2.24, 2.45) is 0 Å². The standard InChI is InChI=1S/C18H14N2O2S/c21-18(11-8-16-13-23-20-19-16)15-6-9-17(10-7-15)22-12-14-4-2-1-3-5-14/h1-11,13H,12H2/b11-8+. The second-order valence-electron chi connectivity index (χ2n) is 4.83. The smallest absolute Gasteiger partial charge is 0.185 e. The van der Waals surface area contributed by atoms with Gasteiger partial charge >= 0.3 is 0 Å². The molecule has 1 heterocycles. The van der Waals surface area contributed by atoms with Crippen molar-refractivity contribution in [2.75, 3.05) is 0 Å². The van der Waals surface area contributed by atoms with E-state index >= 15 is 0 Å². The van der Waals surface area contributed by atoms with Crippen molar-refractivity contribution >= 4 is 23.4 Å². The first-order chi connectivity index (χ1) is 11.3. The van der Waals surface area contributed by atoms with Gasteiger partial charge in [0.15, 0.2) is 5.78 Å². The monoisotopic (exact) mass is 322 g/mol. The number of hydrogen-bond acceptors (Lipinski definition) is 5. The van der Waals surface area contributed by atoms with Gasteiger partial charge in [0.05, 0.1) is 5.69 Å². The van der Waals surface area contributed by atoms with E-state index in [4.69, 9.17) is 4.74 Å². The first-order valence-corrected chi connectivity index (χ1v) is 7.91. The lowest BCUT2D eigenvalue weighted by molar-refractivity contribution is 0.104. The molecule has 0 radical (unpaired) electrons. The van der Waals surface area contributed by atoms with Gasteiger partial charge < -0.3 is 4.74 Å². The molecule has 0 aliphatic heterocycles. The van der Waals surface area contributed by atoms with E-state index in [9.17, 15) is 4.79 Å². The van der Waals surface area contributed by atoms with Crippen LogP contribution in [0.25, 0.3) is 6.08 Å². The van der Waals surface area contributed by atoms with Crippen molar-refractivity contribution < 1.29 is 9.53 Å². The number of ether oxygens (including phenoxy) is 1. The van der Waals surface area contributed by atoms with Crippen molar-refractivity contribution in [1.82, 2.24) is 9.59 Å². The number of hydrogen-bond donors (Lipinski definition) is 0. The predicted molar refractivity (Wildman–Crippen MR) is 90.5 cm³/mol. The molecule has 4 nitrogen and oxygen atoms in total. The Morgan fingerprint density at radius 3 is 2.57 bits per heavy atom. The number of nitrogens with zero attached hydrogens (tertiary/aromatic N) is 2. The van der Waals surface area contributed by atoms with Crippen molar-refractivity contribution in [3.05, 3.63) is 82.9 Å². The van der Waals surface area contributed by atoms with Crippen LogP contribution in [-0.2, 0) is 6.61 Å². The Balaban J connectivity index is 1.59. The fourth-order valence-electron chi connectivity index (χ4n) is 1.96. The third-order valence-corrected chi connectivity index (χ3v) is 3.69. The minimum absolute atomic E-state index is 0.0763. The number of benzene rings is 2. The molecule has 0 unspecified atom stereocenters. The van der Waals surface area contributed by atoms with Crippen LogP contribution in [-0.4, -0.2) is 15.4 Å². The molecule has 2 aromatic carbocycles. The zero-order chi connectivity index (χ0) is 15.9. The molecule has 0 amide bonds. The minimum Gasteiger partial charge on any atom is -0.489 e.